The van der Waals surface area contributed by atoms with Crippen LogP contribution in [0.2, 0.25) is 0 Å². The van der Waals surface area contributed by atoms with Crippen molar-refractivity contribution in [3.8, 4) is 0 Å². The van der Waals surface area contributed by atoms with Gasteiger partial charge in [0.05, 0.1) is 12.7 Å². The molecule has 6 nitrogen and oxygen atoms in total. The van der Waals surface area contributed by atoms with Crippen LogP contribution < -0.4 is 0 Å². The first-order valence-corrected chi connectivity index (χ1v) is 8.55. The maximum atomic E-state index is 12.7. The number of aromatic nitrogens is 3. The number of aliphatic hydroxyl groups is 1. The standard InChI is InChI=1S/C18H24N4O2/c1-14-6-2-3-7-15(14)12-21-13-17(19-20-21)18(24)22-10-5-4-8-16(22)9-11-23/h2-3,6-7,13,16,23H,4-5,8-12H2,1H3. The summed E-state index contributed by atoms with van der Waals surface area (Å²) in [6, 6.07) is 8.23. The molecule has 1 aliphatic heterocycles. The van der Waals surface area contributed by atoms with Gasteiger partial charge in [0, 0.05) is 19.2 Å². The largest absolute Gasteiger partial charge is 0.396 e. The van der Waals surface area contributed by atoms with Crippen LogP contribution in [0.1, 0.15) is 47.3 Å². The average molecular weight is 328 g/mol. The van der Waals surface area contributed by atoms with Gasteiger partial charge < -0.3 is 10.0 Å². The molecule has 1 aliphatic rings. The monoisotopic (exact) mass is 328 g/mol. The van der Waals surface area contributed by atoms with Gasteiger partial charge in [-0.15, -0.1) is 5.10 Å². The fourth-order valence-corrected chi connectivity index (χ4v) is 3.30. The summed E-state index contributed by atoms with van der Waals surface area (Å²) in [5, 5.41) is 17.4. The Morgan fingerprint density at radius 2 is 2.17 bits per heavy atom. The number of nitrogens with zero attached hydrogens (tertiary/aromatic N) is 4. The summed E-state index contributed by atoms with van der Waals surface area (Å²) in [5.74, 6) is -0.0795. The lowest BCUT2D eigenvalue weighted by atomic mass is 9.99. The molecular formula is C18H24N4O2. The molecule has 0 aliphatic carbocycles. The summed E-state index contributed by atoms with van der Waals surface area (Å²) in [6.07, 6.45) is 5.41. The molecule has 1 amide bonds. The van der Waals surface area contributed by atoms with E-state index in [9.17, 15) is 9.90 Å². The van der Waals surface area contributed by atoms with Crippen LogP contribution in [0.3, 0.4) is 0 Å². The minimum absolute atomic E-state index is 0.0795. The number of piperidine rings is 1. The minimum Gasteiger partial charge on any atom is -0.396 e. The molecule has 0 saturated carbocycles. The zero-order chi connectivity index (χ0) is 16.9. The van der Waals surface area contributed by atoms with Crippen LogP contribution in [-0.2, 0) is 6.54 Å². The van der Waals surface area contributed by atoms with Crippen molar-refractivity contribution in [2.45, 2.75) is 45.2 Å². The molecule has 0 radical (unpaired) electrons. The Labute approximate surface area is 142 Å². The highest BCUT2D eigenvalue weighted by Crippen LogP contribution is 2.21. The molecule has 0 spiro atoms. The third kappa shape index (κ3) is 3.64. The normalized spacial score (nSPS) is 17.9. The highest BCUT2D eigenvalue weighted by atomic mass is 16.3. The van der Waals surface area contributed by atoms with E-state index in [1.165, 1.54) is 5.56 Å². The van der Waals surface area contributed by atoms with E-state index < -0.39 is 0 Å². The summed E-state index contributed by atoms with van der Waals surface area (Å²) in [4.78, 5) is 14.6. The van der Waals surface area contributed by atoms with Gasteiger partial charge in [-0.05, 0) is 43.7 Å². The maximum Gasteiger partial charge on any atom is 0.276 e. The number of rotatable bonds is 5. The van der Waals surface area contributed by atoms with E-state index in [-0.39, 0.29) is 18.6 Å². The van der Waals surface area contributed by atoms with Gasteiger partial charge >= 0.3 is 0 Å². The molecule has 1 fully saturated rings. The van der Waals surface area contributed by atoms with E-state index in [0.29, 0.717) is 18.7 Å². The Balaban J connectivity index is 1.72. The third-order valence-corrected chi connectivity index (χ3v) is 4.70. The lowest BCUT2D eigenvalue weighted by Crippen LogP contribution is -2.44. The third-order valence-electron chi connectivity index (χ3n) is 4.70. The van der Waals surface area contributed by atoms with Crippen molar-refractivity contribution in [3.63, 3.8) is 0 Å². The van der Waals surface area contributed by atoms with Gasteiger partial charge in [0.15, 0.2) is 5.69 Å². The SMILES string of the molecule is Cc1ccccc1Cn1cc(C(=O)N2CCCCC2CCO)nn1. The van der Waals surface area contributed by atoms with Crippen molar-refractivity contribution >= 4 is 5.91 Å². The summed E-state index contributed by atoms with van der Waals surface area (Å²) in [5.41, 5.74) is 2.74. The fraction of sp³-hybridized carbons (Fsp3) is 0.500. The second-order valence-corrected chi connectivity index (χ2v) is 6.39. The number of amides is 1. The fourth-order valence-electron chi connectivity index (χ4n) is 3.30. The van der Waals surface area contributed by atoms with Gasteiger partial charge in [-0.25, -0.2) is 4.68 Å². The molecule has 2 heterocycles. The van der Waals surface area contributed by atoms with Crippen molar-refractivity contribution in [1.29, 1.82) is 0 Å². The van der Waals surface area contributed by atoms with Crippen LogP contribution in [0, 0.1) is 6.92 Å². The molecule has 1 unspecified atom stereocenters. The zero-order valence-electron chi connectivity index (χ0n) is 14.1. The average Bonchev–Trinajstić information content (AvgIpc) is 3.06. The molecule has 1 N–H and O–H groups in total. The minimum atomic E-state index is -0.0795. The molecule has 6 heteroatoms. The molecular weight excluding hydrogens is 304 g/mol. The van der Waals surface area contributed by atoms with Crippen molar-refractivity contribution in [2.24, 2.45) is 0 Å². The molecule has 1 aromatic carbocycles. The van der Waals surface area contributed by atoms with E-state index in [0.717, 1.165) is 31.4 Å². The predicted octanol–water partition coefficient (Wildman–Crippen LogP) is 2.01. The Hall–Kier alpha value is -2.21. The molecule has 24 heavy (non-hydrogen) atoms. The van der Waals surface area contributed by atoms with Crippen LogP contribution in [0.4, 0.5) is 0 Å². The highest BCUT2D eigenvalue weighted by Gasteiger charge is 2.28. The van der Waals surface area contributed by atoms with Crippen LogP contribution in [0.25, 0.3) is 0 Å². The number of carbonyl (C=O) groups excluding carboxylic acids is 1. The molecule has 3 rings (SSSR count). The number of benzene rings is 1. The Bertz CT molecular complexity index is 696. The summed E-state index contributed by atoms with van der Waals surface area (Å²) >= 11 is 0. The molecule has 128 valence electrons. The maximum absolute atomic E-state index is 12.7. The van der Waals surface area contributed by atoms with Crippen molar-refractivity contribution in [1.82, 2.24) is 19.9 Å². The molecule has 1 atom stereocenters. The van der Waals surface area contributed by atoms with E-state index in [4.69, 9.17) is 0 Å². The summed E-state index contributed by atoms with van der Waals surface area (Å²) < 4.78 is 1.71. The van der Waals surface area contributed by atoms with Crippen molar-refractivity contribution in [2.75, 3.05) is 13.2 Å². The first-order chi connectivity index (χ1) is 11.7. The van der Waals surface area contributed by atoms with Gasteiger partial charge in [0.2, 0.25) is 0 Å². The number of aliphatic hydroxyl groups excluding tert-OH is 1. The predicted molar refractivity (Wildman–Crippen MR) is 90.7 cm³/mol. The topological polar surface area (TPSA) is 71.2 Å². The number of likely N-dealkylation sites (tertiary alicyclic amines) is 1. The van der Waals surface area contributed by atoms with E-state index in [1.54, 1.807) is 10.9 Å². The van der Waals surface area contributed by atoms with Gasteiger partial charge in [-0.1, -0.05) is 29.5 Å². The first kappa shape index (κ1) is 16.6. The molecule has 0 bridgehead atoms. The van der Waals surface area contributed by atoms with Gasteiger partial charge in [0.25, 0.3) is 5.91 Å². The Morgan fingerprint density at radius 1 is 1.33 bits per heavy atom. The quantitative estimate of drug-likeness (QED) is 0.911. The number of aryl methyl sites for hydroxylation is 1. The highest BCUT2D eigenvalue weighted by molar-refractivity contribution is 5.92. The van der Waals surface area contributed by atoms with Crippen LogP contribution >= 0.6 is 0 Å². The lowest BCUT2D eigenvalue weighted by Gasteiger charge is -2.35. The van der Waals surface area contributed by atoms with Crippen LogP contribution in [0.5, 0.6) is 0 Å². The molecule has 1 aromatic heterocycles. The van der Waals surface area contributed by atoms with Gasteiger partial charge in [0.1, 0.15) is 0 Å². The molecule has 1 saturated heterocycles. The summed E-state index contributed by atoms with van der Waals surface area (Å²) in [6.45, 7) is 3.50. The first-order valence-electron chi connectivity index (χ1n) is 8.55. The second kappa shape index (κ2) is 7.57. The van der Waals surface area contributed by atoms with Crippen molar-refractivity contribution in [3.05, 3.63) is 47.3 Å². The molecule has 2 aromatic rings. The number of carbonyl (C=O) groups is 1. The van der Waals surface area contributed by atoms with Crippen LogP contribution in [0.15, 0.2) is 30.5 Å². The zero-order valence-corrected chi connectivity index (χ0v) is 14.1. The Kier molecular flexibility index (Phi) is 5.25. The summed E-state index contributed by atoms with van der Waals surface area (Å²) in [7, 11) is 0. The van der Waals surface area contributed by atoms with Crippen molar-refractivity contribution < 1.29 is 9.90 Å². The van der Waals surface area contributed by atoms with Crippen LogP contribution in [-0.4, -0.2) is 50.1 Å². The van der Waals surface area contributed by atoms with E-state index >= 15 is 0 Å². The van der Waals surface area contributed by atoms with E-state index in [1.807, 2.05) is 17.0 Å². The van der Waals surface area contributed by atoms with Gasteiger partial charge in [-0.2, -0.15) is 0 Å². The number of hydrogen-bond acceptors (Lipinski definition) is 4. The van der Waals surface area contributed by atoms with Gasteiger partial charge in [-0.3, -0.25) is 4.79 Å². The number of hydrogen-bond donors (Lipinski definition) is 1. The second-order valence-electron chi connectivity index (χ2n) is 6.39. The Morgan fingerprint density at radius 3 is 2.96 bits per heavy atom. The smallest absolute Gasteiger partial charge is 0.276 e. The lowest BCUT2D eigenvalue weighted by molar-refractivity contribution is 0.0568. The van der Waals surface area contributed by atoms with E-state index in [2.05, 4.69) is 29.4 Å².